The fraction of sp³-hybridized carbons (Fsp3) is 0.565. The van der Waals surface area contributed by atoms with Crippen LogP contribution in [0.5, 0.6) is 11.5 Å². The Kier molecular flexibility index (Phi) is 6.08. The number of nitrogens with zero attached hydrogens (tertiary/aromatic N) is 4. The van der Waals surface area contributed by atoms with Gasteiger partial charge in [-0.2, -0.15) is 5.10 Å². The molecule has 5 rings (SSSR count). The van der Waals surface area contributed by atoms with Gasteiger partial charge >= 0.3 is 0 Å². The Labute approximate surface area is 183 Å². The van der Waals surface area contributed by atoms with E-state index in [1.165, 1.54) is 12.0 Å². The lowest BCUT2D eigenvalue weighted by Crippen LogP contribution is -2.55. The third kappa shape index (κ3) is 4.85. The van der Waals surface area contributed by atoms with E-state index in [4.69, 9.17) is 9.47 Å². The molecule has 2 fully saturated rings. The summed E-state index contributed by atoms with van der Waals surface area (Å²) in [5.41, 5.74) is 2.37. The fourth-order valence-electron chi connectivity index (χ4n) is 4.89. The number of carbonyl (C=O) groups is 1. The Balaban J connectivity index is 1.09. The summed E-state index contributed by atoms with van der Waals surface area (Å²) >= 11 is 0. The number of piperidine rings is 1. The van der Waals surface area contributed by atoms with Crippen LogP contribution < -0.4 is 9.47 Å². The monoisotopic (exact) mass is 425 g/mol. The van der Waals surface area contributed by atoms with E-state index in [9.17, 15) is 4.79 Å². The van der Waals surface area contributed by atoms with E-state index in [-0.39, 0.29) is 5.91 Å². The van der Waals surface area contributed by atoms with Crippen molar-refractivity contribution in [3.8, 4) is 11.5 Å². The van der Waals surface area contributed by atoms with Gasteiger partial charge in [0.05, 0.1) is 6.20 Å². The zero-order chi connectivity index (χ0) is 21.0. The van der Waals surface area contributed by atoms with Crippen LogP contribution in [-0.4, -0.2) is 82.9 Å². The highest BCUT2D eigenvalue weighted by Gasteiger charge is 2.30. The van der Waals surface area contributed by atoms with Crippen LogP contribution in [0, 0.1) is 0 Å². The molecule has 1 atom stereocenters. The van der Waals surface area contributed by atoms with Crippen molar-refractivity contribution in [1.29, 1.82) is 0 Å². The normalized spacial score (nSPS) is 22.1. The quantitative estimate of drug-likeness (QED) is 0.762. The summed E-state index contributed by atoms with van der Waals surface area (Å²) in [6.45, 7) is 7.25. The van der Waals surface area contributed by atoms with Crippen molar-refractivity contribution in [2.75, 3.05) is 46.1 Å². The number of hydrogen-bond acceptors (Lipinski definition) is 6. The van der Waals surface area contributed by atoms with E-state index < -0.39 is 0 Å². The number of aromatic amines is 1. The van der Waals surface area contributed by atoms with Gasteiger partial charge in [-0.15, -0.1) is 0 Å². The van der Waals surface area contributed by atoms with E-state index in [0.717, 1.165) is 75.7 Å². The van der Waals surface area contributed by atoms with Crippen LogP contribution in [0.15, 0.2) is 30.6 Å². The van der Waals surface area contributed by atoms with Crippen LogP contribution in [0.4, 0.5) is 0 Å². The minimum Gasteiger partial charge on any atom is -0.454 e. The number of hydrogen-bond donors (Lipinski definition) is 1. The number of ether oxygens (including phenoxy) is 2. The molecule has 8 heteroatoms. The maximum Gasteiger partial charge on any atom is 0.231 e. The highest BCUT2D eigenvalue weighted by molar-refractivity contribution is 5.76. The highest BCUT2D eigenvalue weighted by atomic mass is 16.7. The van der Waals surface area contributed by atoms with Crippen LogP contribution in [0.1, 0.15) is 30.4 Å². The molecule has 8 nitrogen and oxygen atoms in total. The van der Waals surface area contributed by atoms with E-state index in [2.05, 4.69) is 37.0 Å². The molecule has 166 valence electrons. The number of rotatable bonds is 6. The first-order chi connectivity index (χ1) is 15.2. The Hall–Kier alpha value is -2.58. The van der Waals surface area contributed by atoms with Crippen LogP contribution >= 0.6 is 0 Å². The predicted octanol–water partition coefficient (Wildman–Crippen LogP) is 1.88. The Morgan fingerprint density at radius 3 is 2.81 bits per heavy atom. The summed E-state index contributed by atoms with van der Waals surface area (Å²) < 4.78 is 10.9. The molecule has 1 unspecified atom stereocenters. The van der Waals surface area contributed by atoms with Crippen molar-refractivity contribution in [2.24, 2.45) is 0 Å². The molecule has 0 aliphatic carbocycles. The number of fused-ring (bicyclic) bond motifs is 1. The number of carbonyl (C=O) groups excluding carboxylic acids is 1. The molecule has 0 spiro atoms. The van der Waals surface area contributed by atoms with Crippen molar-refractivity contribution in [1.82, 2.24) is 24.9 Å². The molecule has 1 amide bonds. The second-order valence-corrected chi connectivity index (χ2v) is 8.74. The molecular formula is C23H31N5O3. The Bertz CT molecular complexity index is 879. The second-order valence-electron chi connectivity index (χ2n) is 8.74. The molecule has 0 radical (unpaired) electrons. The molecule has 31 heavy (non-hydrogen) atoms. The summed E-state index contributed by atoms with van der Waals surface area (Å²) in [6.07, 6.45) is 7.28. The molecule has 4 heterocycles. The van der Waals surface area contributed by atoms with Crippen LogP contribution in [-0.2, 0) is 17.8 Å². The standard InChI is InChI=1S/C23H31N5O3/c29-23(6-4-19-13-24-25-14-19)28-7-1-2-20(16-28)27-10-8-26(9-11-27)15-18-3-5-21-22(12-18)31-17-30-21/h3,5,12-14,20H,1-2,4,6-11,15-17H2,(H,24,25). The first-order valence-electron chi connectivity index (χ1n) is 11.3. The zero-order valence-corrected chi connectivity index (χ0v) is 18.0. The lowest BCUT2D eigenvalue weighted by Gasteiger charge is -2.43. The smallest absolute Gasteiger partial charge is 0.231 e. The average molecular weight is 426 g/mol. The maximum absolute atomic E-state index is 12.7. The first-order valence-corrected chi connectivity index (χ1v) is 11.3. The van der Waals surface area contributed by atoms with Crippen molar-refractivity contribution >= 4 is 5.91 Å². The van der Waals surface area contributed by atoms with Gasteiger partial charge < -0.3 is 14.4 Å². The molecule has 1 aromatic heterocycles. The summed E-state index contributed by atoms with van der Waals surface area (Å²) in [5, 5.41) is 6.78. The SMILES string of the molecule is O=C(CCc1cn[nH]c1)N1CCCC(N2CCN(Cc3ccc4c(c3)OCO4)CC2)C1. The number of H-pyrrole nitrogens is 1. The van der Waals surface area contributed by atoms with Gasteiger partial charge in [0.2, 0.25) is 12.7 Å². The number of nitrogens with one attached hydrogen (secondary N) is 1. The Morgan fingerprint density at radius 1 is 1.10 bits per heavy atom. The molecule has 1 aromatic carbocycles. The average Bonchev–Trinajstić information content (AvgIpc) is 3.50. The second kappa shape index (κ2) is 9.28. The maximum atomic E-state index is 12.7. The first kappa shape index (κ1) is 20.3. The molecule has 0 saturated carbocycles. The zero-order valence-electron chi connectivity index (χ0n) is 18.0. The van der Waals surface area contributed by atoms with Crippen molar-refractivity contribution in [3.05, 3.63) is 41.7 Å². The number of amides is 1. The molecule has 1 N–H and O–H groups in total. The number of aromatic nitrogens is 2. The van der Waals surface area contributed by atoms with Crippen molar-refractivity contribution in [3.63, 3.8) is 0 Å². The highest BCUT2D eigenvalue weighted by Crippen LogP contribution is 2.33. The lowest BCUT2D eigenvalue weighted by atomic mass is 10.0. The topological polar surface area (TPSA) is 73.9 Å². The minimum absolute atomic E-state index is 0.271. The summed E-state index contributed by atoms with van der Waals surface area (Å²) in [4.78, 5) is 19.9. The van der Waals surface area contributed by atoms with E-state index in [1.807, 2.05) is 12.3 Å². The number of likely N-dealkylation sites (tertiary alicyclic amines) is 1. The van der Waals surface area contributed by atoms with E-state index >= 15 is 0 Å². The molecule has 2 saturated heterocycles. The fourth-order valence-corrected chi connectivity index (χ4v) is 4.89. The van der Waals surface area contributed by atoms with Gasteiger partial charge in [0.25, 0.3) is 0 Å². The van der Waals surface area contributed by atoms with Crippen molar-refractivity contribution < 1.29 is 14.3 Å². The largest absolute Gasteiger partial charge is 0.454 e. The van der Waals surface area contributed by atoms with Crippen LogP contribution in [0.3, 0.4) is 0 Å². The van der Waals surface area contributed by atoms with Gasteiger partial charge in [-0.1, -0.05) is 6.07 Å². The van der Waals surface area contributed by atoms with Gasteiger partial charge in [-0.25, -0.2) is 0 Å². The molecule has 0 bridgehead atoms. The molecule has 3 aliphatic rings. The van der Waals surface area contributed by atoms with Gasteiger partial charge in [-0.05, 0) is 42.5 Å². The predicted molar refractivity (Wildman–Crippen MR) is 116 cm³/mol. The lowest BCUT2D eigenvalue weighted by molar-refractivity contribution is -0.133. The van der Waals surface area contributed by atoms with Gasteiger partial charge in [-0.3, -0.25) is 19.7 Å². The third-order valence-corrected chi connectivity index (χ3v) is 6.70. The summed E-state index contributed by atoms with van der Waals surface area (Å²) in [6, 6.07) is 6.73. The Morgan fingerprint density at radius 2 is 1.97 bits per heavy atom. The van der Waals surface area contributed by atoms with Gasteiger partial charge in [0, 0.05) is 64.5 Å². The molecule has 2 aromatic rings. The van der Waals surface area contributed by atoms with Gasteiger partial charge in [0.15, 0.2) is 11.5 Å². The summed E-state index contributed by atoms with van der Waals surface area (Å²) in [7, 11) is 0. The minimum atomic E-state index is 0.271. The molecule has 3 aliphatic heterocycles. The van der Waals surface area contributed by atoms with Crippen LogP contribution in [0.25, 0.3) is 0 Å². The number of aryl methyl sites for hydroxylation is 1. The third-order valence-electron chi connectivity index (χ3n) is 6.70. The number of benzene rings is 1. The van der Waals surface area contributed by atoms with Crippen LogP contribution in [0.2, 0.25) is 0 Å². The summed E-state index contributed by atoms with van der Waals surface area (Å²) in [5.74, 6) is 1.97. The van der Waals surface area contributed by atoms with E-state index in [0.29, 0.717) is 19.3 Å². The molecular weight excluding hydrogens is 394 g/mol. The van der Waals surface area contributed by atoms with E-state index in [1.54, 1.807) is 6.20 Å². The van der Waals surface area contributed by atoms with Crippen molar-refractivity contribution in [2.45, 2.75) is 38.3 Å². The van der Waals surface area contributed by atoms with Gasteiger partial charge in [0.1, 0.15) is 0 Å². The number of piperazine rings is 1.